The number of hydrogen-bond donors (Lipinski definition) is 0. The minimum absolute atomic E-state index is 0.223. The standard InChI is InChI=1S/C16H11F3NO/c1-20-9-8-12-2-3-13(10-15(12)20)11-4-6-14(7-5-11)21-16(17,18)19/h2-7,9-10H,1H3. The molecule has 0 amide bonds. The second kappa shape index (κ2) is 4.84. The molecule has 0 atom stereocenters. The van der Waals surface area contributed by atoms with Crippen LogP contribution >= 0.6 is 0 Å². The number of rotatable bonds is 2. The third-order valence-corrected chi connectivity index (χ3v) is 3.21. The molecule has 0 fully saturated rings. The normalized spacial score (nSPS) is 11.8. The number of halogens is 3. The van der Waals surface area contributed by atoms with Crippen LogP contribution in [0.15, 0.2) is 48.7 Å². The van der Waals surface area contributed by atoms with Crippen LogP contribution in [0.4, 0.5) is 13.2 Å². The number of nitrogens with zero attached hydrogens (tertiary/aromatic N) is 1. The van der Waals surface area contributed by atoms with Crippen LogP contribution in [0.5, 0.6) is 5.75 Å². The van der Waals surface area contributed by atoms with Crippen molar-refractivity contribution in [2.24, 2.45) is 7.05 Å². The minimum Gasteiger partial charge on any atom is -0.406 e. The molecule has 0 bridgehead atoms. The average molecular weight is 290 g/mol. The van der Waals surface area contributed by atoms with E-state index in [1.807, 2.05) is 36.0 Å². The third-order valence-electron chi connectivity index (χ3n) is 3.21. The summed E-state index contributed by atoms with van der Waals surface area (Å²) in [4.78, 5) is 0. The predicted molar refractivity (Wildman–Crippen MR) is 73.9 cm³/mol. The van der Waals surface area contributed by atoms with Crippen LogP contribution in [-0.2, 0) is 7.05 Å². The molecule has 0 N–H and O–H groups in total. The van der Waals surface area contributed by atoms with E-state index in [2.05, 4.69) is 10.8 Å². The van der Waals surface area contributed by atoms with Crippen LogP contribution < -0.4 is 4.74 Å². The average Bonchev–Trinajstić information content (AvgIpc) is 2.79. The smallest absolute Gasteiger partial charge is 0.406 e. The number of aryl methyl sites for hydroxylation is 1. The van der Waals surface area contributed by atoms with Crippen LogP contribution in [0.1, 0.15) is 0 Å². The van der Waals surface area contributed by atoms with E-state index < -0.39 is 6.36 Å². The Labute approximate surface area is 119 Å². The van der Waals surface area contributed by atoms with Crippen LogP contribution in [-0.4, -0.2) is 10.9 Å². The van der Waals surface area contributed by atoms with Gasteiger partial charge in [-0.1, -0.05) is 24.3 Å². The van der Waals surface area contributed by atoms with Gasteiger partial charge in [-0.3, -0.25) is 0 Å². The van der Waals surface area contributed by atoms with Gasteiger partial charge >= 0.3 is 6.36 Å². The van der Waals surface area contributed by atoms with Gasteiger partial charge in [-0.2, -0.15) is 0 Å². The van der Waals surface area contributed by atoms with Crippen molar-refractivity contribution < 1.29 is 17.9 Å². The van der Waals surface area contributed by atoms with Gasteiger partial charge in [-0.25, -0.2) is 0 Å². The van der Waals surface area contributed by atoms with E-state index in [1.54, 1.807) is 12.1 Å². The van der Waals surface area contributed by atoms with Crippen LogP contribution in [0.3, 0.4) is 0 Å². The van der Waals surface area contributed by atoms with E-state index in [4.69, 9.17) is 0 Å². The summed E-state index contributed by atoms with van der Waals surface area (Å²) < 4.78 is 42.2. The van der Waals surface area contributed by atoms with Crippen molar-refractivity contribution in [2.75, 3.05) is 0 Å². The molecule has 0 aliphatic carbocycles. The Morgan fingerprint density at radius 1 is 1.00 bits per heavy atom. The van der Waals surface area contributed by atoms with Crippen LogP contribution in [0.25, 0.3) is 22.0 Å². The van der Waals surface area contributed by atoms with Gasteiger partial charge in [0.05, 0.1) is 0 Å². The summed E-state index contributed by atoms with van der Waals surface area (Å²) in [6.45, 7) is 0. The molecule has 1 aromatic heterocycles. The van der Waals surface area contributed by atoms with Gasteiger partial charge < -0.3 is 9.30 Å². The molecule has 21 heavy (non-hydrogen) atoms. The molecule has 0 aliphatic rings. The number of aromatic nitrogens is 1. The third kappa shape index (κ3) is 2.86. The molecule has 0 spiro atoms. The highest BCUT2D eigenvalue weighted by atomic mass is 19.4. The summed E-state index contributed by atoms with van der Waals surface area (Å²) in [6, 6.07) is 14.8. The zero-order valence-electron chi connectivity index (χ0n) is 11.1. The molecule has 0 unspecified atom stereocenters. The van der Waals surface area contributed by atoms with Gasteiger partial charge in [0.1, 0.15) is 5.75 Å². The van der Waals surface area contributed by atoms with E-state index in [9.17, 15) is 13.2 Å². The SMILES string of the molecule is Cn1c[c]c2ccc(-c3ccc(OC(F)(F)F)cc3)cc21. The zero-order valence-corrected chi connectivity index (χ0v) is 11.1. The first-order valence-corrected chi connectivity index (χ1v) is 6.25. The molecule has 0 saturated carbocycles. The molecule has 107 valence electrons. The topological polar surface area (TPSA) is 14.2 Å². The molecule has 1 heterocycles. The van der Waals surface area contributed by atoms with Gasteiger partial charge in [-0.15, -0.1) is 13.2 Å². The van der Waals surface area contributed by atoms with Crippen molar-refractivity contribution >= 4 is 10.9 Å². The first-order valence-electron chi connectivity index (χ1n) is 6.25. The lowest BCUT2D eigenvalue weighted by atomic mass is 10.0. The quantitative estimate of drug-likeness (QED) is 0.675. The fourth-order valence-corrected chi connectivity index (χ4v) is 2.21. The Morgan fingerprint density at radius 2 is 1.67 bits per heavy atom. The molecule has 2 aromatic carbocycles. The predicted octanol–water partition coefficient (Wildman–Crippen LogP) is 4.54. The Morgan fingerprint density at radius 3 is 2.33 bits per heavy atom. The van der Waals surface area contributed by atoms with Gasteiger partial charge in [-0.05, 0) is 29.3 Å². The van der Waals surface area contributed by atoms with Gasteiger partial charge in [0, 0.05) is 30.2 Å². The van der Waals surface area contributed by atoms with Crippen LogP contribution in [0, 0.1) is 6.07 Å². The molecule has 3 aromatic rings. The summed E-state index contributed by atoms with van der Waals surface area (Å²) in [7, 11) is 1.92. The van der Waals surface area contributed by atoms with Gasteiger partial charge in [0.25, 0.3) is 0 Å². The van der Waals surface area contributed by atoms with Crippen molar-refractivity contribution in [1.82, 2.24) is 4.57 Å². The number of benzene rings is 2. The van der Waals surface area contributed by atoms with E-state index in [0.29, 0.717) is 0 Å². The maximum absolute atomic E-state index is 12.1. The second-order valence-electron chi connectivity index (χ2n) is 4.69. The van der Waals surface area contributed by atoms with Crippen molar-refractivity contribution in [3.63, 3.8) is 0 Å². The molecular weight excluding hydrogens is 279 g/mol. The minimum atomic E-state index is -4.67. The second-order valence-corrected chi connectivity index (χ2v) is 4.69. The molecule has 2 nitrogen and oxygen atoms in total. The summed E-state index contributed by atoms with van der Waals surface area (Å²) in [5.41, 5.74) is 2.77. The molecule has 1 radical (unpaired) electrons. The van der Waals surface area contributed by atoms with Crippen molar-refractivity contribution in [2.45, 2.75) is 6.36 Å². The van der Waals surface area contributed by atoms with Crippen molar-refractivity contribution in [3.05, 3.63) is 54.7 Å². The lowest BCUT2D eigenvalue weighted by Crippen LogP contribution is -2.16. The molecule has 5 heteroatoms. The molecule has 0 saturated heterocycles. The highest BCUT2D eigenvalue weighted by Gasteiger charge is 2.30. The Balaban J connectivity index is 1.93. The van der Waals surface area contributed by atoms with E-state index in [1.165, 1.54) is 12.1 Å². The summed E-state index contributed by atoms with van der Waals surface area (Å²) in [6.07, 6.45) is -2.83. The fraction of sp³-hybridized carbons (Fsp3) is 0.125. The number of ether oxygens (including phenoxy) is 1. The van der Waals surface area contributed by atoms with Crippen molar-refractivity contribution in [3.8, 4) is 16.9 Å². The van der Waals surface area contributed by atoms with Gasteiger partial charge in [0.2, 0.25) is 0 Å². The largest absolute Gasteiger partial charge is 0.573 e. The Bertz CT molecular complexity index is 772. The van der Waals surface area contributed by atoms with Crippen molar-refractivity contribution in [1.29, 1.82) is 0 Å². The lowest BCUT2D eigenvalue weighted by molar-refractivity contribution is -0.274. The first kappa shape index (κ1) is 13.5. The summed E-state index contributed by atoms with van der Waals surface area (Å²) in [5.74, 6) is -0.223. The number of alkyl halides is 3. The monoisotopic (exact) mass is 290 g/mol. The fourth-order valence-electron chi connectivity index (χ4n) is 2.21. The summed E-state index contributed by atoms with van der Waals surface area (Å²) in [5, 5.41) is 0.998. The Kier molecular flexibility index (Phi) is 3.12. The van der Waals surface area contributed by atoms with Gasteiger partial charge in [0.15, 0.2) is 0 Å². The number of hydrogen-bond acceptors (Lipinski definition) is 1. The van der Waals surface area contributed by atoms with Crippen LogP contribution in [0.2, 0.25) is 0 Å². The number of fused-ring (bicyclic) bond motifs is 1. The lowest BCUT2D eigenvalue weighted by Gasteiger charge is -2.09. The first-order chi connectivity index (χ1) is 9.92. The Hall–Kier alpha value is -2.43. The van der Waals surface area contributed by atoms with E-state index in [-0.39, 0.29) is 5.75 Å². The maximum Gasteiger partial charge on any atom is 0.573 e. The molecule has 3 rings (SSSR count). The highest BCUT2D eigenvalue weighted by molar-refractivity contribution is 5.85. The maximum atomic E-state index is 12.1. The molecular formula is C16H11F3NO. The zero-order chi connectivity index (χ0) is 15.0. The molecule has 0 aliphatic heterocycles. The highest BCUT2D eigenvalue weighted by Crippen LogP contribution is 2.28. The summed E-state index contributed by atoms with van der Waals surface area (Å²) >= 11 is 0. The van der Waals surface area contributed by atoms with E-state index in [0.717, 1.165) is 22.0 Å². The van der Waals surface area contributed by atoms with E-state index >= 15 is 0 Å².